The zero-order valence-electron chi connectivity index (χ0n) is 14.9. The van der Waals surface area contributed by atoms with Gasteiger partial charge in [0.25, 0.3) is 0 Å². The number of fused-ring (bicyclic) bond motifs is 1. The summed E-state index contributed by atoms with van der Waals surface area (Å²) in [7, 11) is 0. The molecule has 0 bridgehead atoms. The van der Waals surface area contributed by atoms with Crippen molar-refractivity contribution < 1.29 is 13.9 Å². The third-order valence-corrected chi connectivity index (χ3v) is 6.59. The Bertz CT molecular complexity index is 979. The molecule has 28 heavy (non-hydrogen) atoms. The van der Waals surface area contributed by atoms with Crippen molar-refractivity contribution in [1.29, 1.82) is 0 Å². The van der Waals surface area contributed by atoms with E-state index in [0.29, 0.717) is 24.2 Å². The van der Waals surface area contributed by atoms with E-state index in [2.05, 4.69) is 15.5 Å². The van der Waals surface area contributed by atoms with E-state index in [0.717, 1.165) is 26.2 Å². The molecule has 3 aromatic rings. The topological polar surface area (TPSA) is 56.3 Å². The van der Waals surface area contributed by atoms with E-state index in [-0.39, 0.29) is 5.82 Å². The van der Waals surface area contributed by atoms with Gasteiger partial charge in [0, 0.05) is 28.5 Å². The Balaban J connectivity index is 1.33. The average molecular weight is 416 g/mol. The van der Waals surface area contributed by atoms with Crippen LogP contribution in [-0.4, -0.2) is 16.2 Å². The summed E-state index contributed by atoms with van der Waals surface area (Å²) in [6.07, 6.45) is 1.90. The molecule has 1 atom stereocenters. The van der Waals surface area contributed by atoms with Gasteiger partial charge >= 0.3 is 0 Å². The lowest BCUT2D eigenvalue weighted by molar-refractivity contribution is -0.112. The molecule has 1 aromatic heterocycles. The predicted molar refractivity (Wildman–Crippen MR) is 107 cm³/mol. The van der Waals surface area contributed by atoms with Crippen molar-refractivity contribution in [2.75, 3.05) is 5.32 Å². The van der Waals surface area contributed by atoms with Crippen LogP contribution < -0.4 is 10.1 Å². The third kappa shape index (κ3) is 3.99. The van der Waals surface area contributed by atoms with Crippen LogP contribution in [0.5, 0.6) is 5.75 Å². The van der Waals surface area contributed by atoms with Crippen molar-refractivity contribution in [3.8, 4) is 5.75 Å². The second-order valence-electron chi connectivity index (χ2n) is 6.81. The zero-order valence-corrected chi connectivity index (χ0v) is 16.6. The summed E-state index contributed by atoms with van der Waals surface area (Å²) in [5.74, 6) is 0.975. The van der Waals surface area contributed by atoms with Crippen LogP contribution in [0.4, 0.5) is 9.52 Å². The van der Waals surface area contributed by atoms with Crippen LogP contribution in [0, 0.1) is 5.82 Å². The molecule has 144 valence electrons. The maximum absolute atomic E-state index is 14.1. The quantitative estimate of drug-likeness (QED) is 0.562. The molecule has 1 N–H and O–H groups in total. The highest BCUT2D eigenvalue weighted by molar-refractivity contribution is 8.00. The van der Waals surface area contributed by atoms with Crippen LogP contribution in [-0.2, 0) is 17.1 Å². The molecule has 0 saturated heterocycles. The number of anilines is 1. The molecule has 2 aliphatic rings. The average Bonchev–Trinajstić information content (AvgIpc) is 3.42. The fraction of sp³-hybridized carbons (Fsp3) is 0.300. The fourth-order valence-electron chi connectivity index (χ4n) is 3.03. The van der Waals surface area contributed by atoms with Crippen molar-refractivity contribution in [3.63, 3.8) is 0 Å². The van der Waals surface area contributed by atoms with Gasteiger partial charge in [-0.05, 0) is 25.0 Å². The smallest absolute Gasteiger partial charge is 0.227 e. The van der Waals surface area contributed by atoms with E-state index in [4.69, 9.17) is 9.47 Å². The summed E-state index contributed by atoms with van der Waals surface area (Å²) in [6.45, 7) is 0.318. The second-order valence-corrected chi connectivity index (χ2v) is 9.01. The normalized spacial score (nSPS) is 18.4. The first-order valence-corrected chi connectivity index (χ1v) is 10.9. The van der Waals surface area contributed by atoms with Gasteiger partial charge in [-0.3, -0.25) is 0 Å². The molecule has 1 aliphatic heterocycles. The minimum absolute atomic E-state index is 0.284. The highest BCUT2D eigenvalue weighted by Gasteiger charge is 2.26. The van der Waals surface area contributed by atoms with E-state index >= 15 is 0 Å². The van der Waals surface area contributed by atoms with Gasteiger partial charge in [-0.1, -0.05) is 53.4 Å². The SMILES string of the molecule is Fc1cc2c(c(CSc3nnc(NC4CC4)s3)c1)O[C@H](c1ccccc1)OC2. The molecule has 2 heterocycles. The first kappa shape index (κ1) is 17.9. The minimum atomic E-state index is -0.487. The van der Waals surface area contributed by atoms with Crippen LogP contribution in [0.15, 0.2) is 46.8 Å². The Kier molecular flexibility index (Phi) is 4.92. The van der Waals surface area contributed by atoms with Gasteiger partial charge in [-0.15, -0.1) is 10.2 Å². The van der Waals surface area contributed by atoms with E-state index in [9.17, 15) is 4.39 Å². The number of nitrogens with zero attached hydrogens (tertiary/aromatic N) is 2. The first-order valence-electron chi connectivity index (χ1n) is 9.12. The standard InChI is InChI=1S/C20H18FN3O2S2/c21-15-8-13-10-25-18(12-4-2-1-3-5-12)26-17(13)14(9-15)11-27-20-24-23-19(28-20)22-16-6-7-16/h1-5,8-9,16,18H,6-7,10-11H2,(H,22,23)/t18-/m1/s1. The van der Waals surface area contributed by atoms with Crippen molar-refractivity contribution in [2.45, 2.75) is 41.9 Å². The Morgan fingerprint density at radius 3 is 2.86 bits per heavy atom. The third-order valence-electron chi connectivity index (χ3n) is 4.56. The zero-order chi connectivity index (χ0) is 18.9. The number of rotatable bonds is 6. The lowest BCUT2D eigenvalue weighted by Gasteiger charge is -2.28. The number of aromatic nitrogens is 2. The Hall–Kier alpha value is -2.16. The number of thioether (sulfide) groups is 1. The van der Waals surface area contributed by atoms with Gasteiger partial charge in [-0.25, -0.2) is 4.39 Å². The number of nitrogens with one attached hydrogen (secondary N) is 1. The van der Waals surface area contributed by atoms with Gasteiger partial charge in [0.05, 0.1) is 6.61 Å². The maximum atomic E-state index is 14.1. The molecule has 1 aliphatic carbocycles. The summed E-state index contributed by atoms with van der Waals surface area (Å²) in [5.41, 5.74) is 2.48. The summed E-state index contributed by atoms with van der Waals surface area (Å²) in [4.78, 5) is 0. The fourth-order valence-corrected chi connectivity index (χ4v) is 4.82. The number of hydrogen-bond donors (Lipinski definition) is 1. The Morgan fingerprint density at radius 2 is 2.04 bits per heavy atom. The molecule has 1 fully saturated rings. The van der Waals surface area contributed by atoms with E-state index in [1.807, 2.05) is 30.3 Å². The summed E-state index contributed by atoms with van der Waals surface area (Å²) >= 11 is 3.07. The van der Waals surface area contributed by atoms with Crippen molar-refractivity contribution in [2.24, 2.45) is 0 Å². The molecule has 8 heteroatoms. The molecule has 0 radical (unpaired) electrons. The van der Waals surface area contributed by atoms with Crippen LogP contribution in [0.25, 0.3) is 0 Å². The molecule has 1 saturated carbocycles. The van der Waals surface area contributed by atoms with Crippen LogP contribution in [0.3, 0.4) is 0 Å². The van der Waals surface area contributed by atoms with Crippen LogP contribution >= 0.6 is 23.1 Å². The van der Waals surface area contributed by atoms with Crippen LogP contribution in [0.2, 0.25) is 0 Å². The summed E-state index contributed by atoms with van der Waals surface area (Å²) in [6, 6.07) is 13.3. The summed E-state index contributed by atoms with van der Waals surface area (Å²) < 4.78 is 26.9. The van der Waals surface area contributed by atoms with Gasteiger partial charge < -0.3 is 14.8 Å². The molecule has 0 amide bonds. The largest absolute Gasteiger partial charge is 0.460 e. The Labute approximate surface area is 170 Å². The lowest BCUT2D eigenvalue weighted by atomic mass is 10.1. The van der Waals surface area contributed by atoms with Gasteiger partial charge in [0.2, 0.25) is 11.4 Å². The number of halogens is 1. The van der Waals surface area contributed by atoms with Crippen molar-refractivity contribution >= 4 is 28.2 Å². The van der Waals surface area contributed by atoms with Gasteiger partial charge in [0.15, 0.2) is 4.34 Å². The number of ether oxygens (including phenoxy) is 2. The highest BCUT2D eigenvalue weighted by Crippen LogP contribution is 2.39. The molecule has 0 unspecified atom stereocenters. The van der Waals surface area contributed by atoms with E-state index in [1.165, 1.54) is 48.1 Å². The van der Waals surface area contributed by atoms with Crippen molar-refractivity contribution in [1.82, 2.24) is 10.2 Å². The minimum Gasteiger partial charge on any atom is -0.460 e. The molecule has 5 rings (SSSR count). The second kappa shape index (κ2) is 7.69. The molecular formula is C20H18FN3O2S2. The Morgan fingerprint density at radius 1 is 1.18 bits per heavy atom. The molecule has 5 nitrogen and oxygen atoms in total. The first-order chi connectivity index (χ1) is 13.7. The summed E-state index contributed by atoms with van der Waals surface area (Å²) in [5, 5.41) is 12.6. The van der Waals surface area contributed by atoms with E-state index in [1.54, 1.807) is 0 Å². The van der Waals surface area contributed by atoms with Crippen molar-refractivity contribution in [3.05, 3.63) is 65.0 Å². The van der Waals surface area contributed by atoms with Gasteiger partial charge in [0.1, 0.15) is 11.6 Å². The predicted octanol–water partition coefficient (Wildman–Crippen LogP) is 5.15. The molecule has 0 spiro atoms. The van der Waals surface area contributed by atoms with Gasteiger partial charge in [-0.2, -0.15) is 0 Å². The monoisotopic (exact) mass is 415 g/mol. The molecule has 2 aromatic carbocycles. The van der Waals surface area contributed by atoms with Crippen LogP contribution in [0.1, 0.15) is 35.8 Å². The number of benzene rings is 2. The maximum Gasteiger partial charge on any atom is 0.227 e. The lowest BCUT2D eigenvalue weighted by Crippen LogP contribution is -2.19. The molecular weight excluding hydrogens is 397 g/mol. The highest BCUT2D eigenvalue weighted by atomic mass is 32.2. The van der Waals surface area contributed by atoms with E-state index < -0.39 is 6.29 Å². The number of hydrogen-bond acceptors (Lipinski definition) is 7.